The Balaban J connectivity index is 5.50. The first-order valence-corrected chi connectivity index (χ1v) is 6.66. The fourth-order valence-corrected chi connectivity index (χ4v) is 1.32. The van der Waals surface area contributed by atoms with Gasteiger partial charge in [0, 0.05) is 6.92 Å². The maximum absolute atomic E-state index is 12.8. The van der Waals surface area contributed by atoms with Gasteiger partial charge in [0.1, 0.15) is 10.5 Å². The van der Waals surface area contributed by atoms with Crippen molar-refractivity contribution in [3.05, 3.63) is 0 Å². The molecule has 0 radical (unpaired) electrons. The Kier molecular flexibility index (Phi) is 6.76. The highest BCUT2D eigenvalue weighted by Gasteiger charge is 2.75. The van der Waals surface area contributed by atoms with Gasteiger partial charge in [0.05, 0.1) is 0 Å². The minimum Gasteiger partial charge on any atom is -0.460 e. The molecule has 0 spiro atoms. The predicted molar refractivity (Wildman–Crippen MR) is 65.7 cm³/mol. The molecule has 0 saturated heterocycles. The molecule has 0 aromatic carbocycles. The van der Waals surface area contributed by atoms with Gasteiger partial charge in [0.25, 0.3) is 0 Å². The Morgan fingerprint density at radius 1 is 1.10 bits per heavy atom. The molecular weight excluding hydrogens is 425 g/mol. The van der Waals surface area contributed by atoms with E-state index in [9.17, 15) is 35.9 Å². The molecule has 1 unspecified atom stereocenters. The Morgan fingerprint density at radius 2 is 1.52 bits per heavy atom. The van der Waals surface area contributed by atoms with Crippen molar-refractivity contribution in [2.75, 3.05) is 6.61 Å². The summed E-state index contributed by atoms with van der Waals surface area (Å²) in [6.45, 7) is -0.301. The van der Waals surface area contributed by atoms with Gasteiger partial charge in [-0.15, -0.1) is 0 Å². The normalized spacial score (nSPS) is 14.5. The van der Waals surface area contributed by atoms with Gasteiger partial charge >= 0.3 is 29.9 Å². The lowest BCUT2D eigenvalue weighted by Crippen LogP contribution is -2.62. The van der Waals surface area contributed by atoms with Crippen LogP contribution >= 0.6 is 22.6 Å². The number of hydrogen-bond acceptors (Lipinski definition) is 4. The number of carbonyl (C=O) groups is 2. The molecule has 0 aromatic rings. The first-order valence-electron chi connectivity index (χ1n) is 5.42. The molecule has 0 bridgehead atoms. The van der Waals surface area contributed by atoms with Crippen LogP contribution in [0.4, 0.5) is 26.3 Å². The fourth-order valence-electron chi connectivity index (χ4n) is 1.14. The molecule has 0 N–H and O–H groups in total. The van der Waals surface area contributed by atoms with E-state index in [-0.39, 0.29) is 6.42 Å². The summed E-state index contributed by atoms with van der Waals surface area (Å²) in [7, 11) is 0. The van der Waals surface area contributed by atoms with E-state index in [4.69, 9.17) is 0 Å². The van der Waals surface area contributed by atoms with Crippen LogP contribution in [0.1, 0.15) is 20.3 Å². The van der Waals surface area contributed by atoms with Crippen LogP contribution in [-0.4, -0.2) is 40.4 Å². The smallest absolute Gasteiger partial charge is 0.441 e. The molecule has 0 aliphatic heterocycles. The Morgan fingerprint density at radius 3 is 1.81 bits per heavy atom. The topological polar surface area (TPSA) is 52.6 Å². The van der Waals surface area contributed by atoms with E-state index in [0.29, 0.717) is 6.92 Å². The average Bonchev–Trinajstić information content (AvgIpc) is 2.29. The van der Waals surface area contributed by atoms with Crippen molar-refractivity contribution in [2.45, 2.75) is 42.1 Å². The summed E-state index contributed by atoms with van der Waals surface area (Å²) in [6, 6.07) is 0. The van der Waals surface area contributed by atoms with Gasteiger partial charge in [-0.3, -0.25) is 9.59 Å². The molecule has 0 aliphatic rings. The second-order valence-electron chi connectivity index (χ2n) is 3.90. The van der Waals surface area contributed by atoms with Crippen LogP contribution in [0.2, 0.25) is 0 Å². The summed E-state index contributed by atoms with van der Waals surface area (Å²) in [6.07, 6.45) is -11.8. The minimum absolute atomic E-state index is 0.151. The molecule has 0 amide bonds. The Labute approximate surface area is 129 Å². The SMILES string of the molecule is CCC(I)C(=O)OCC(OC(C)=O)(C(F)(F)F)C(F)(F)F. The quantitative estimate of drug-likeness (QED) is 0.288. The summed E-state index contributed by atoms with van der Waals surface area (Å²) >= 11 is 1.51. The maximum atomic E-state index is 12.8. The third-order valence-electron chi connectivity index (χ3n) is 2.27. The molecule has 0 aliphatic carbocycles. The Bertz CT molecular complexity index is 378. The number of rotatable bonds is 5. The zero-order chi connectivity index (χ0) is 17.1. The standard InChI is InChI=1S/C10H11F6IO4/c1-3-6(17)7(19)20-4-8(9(11,12)13,10(14,15)16)21-5(2)18/h6H,3-4H2,1-2H3. The summed E-state index contributed by atoms with van der Waals surface area (Å²) in [5.41, 5.74) is -4.88. The zero-order valence-corrected chi connectivity index (χ0v) is 12.9. The van der Waals surface area contributed by atoms with Crippen molar-refractivity contribution >= 4 is 34.5 Å². The maximum Gasteiger partial charge on any atom is 0.441 e. The van der Waals surface area contributed by atoms with Gasteiger partial charge in [-0.1, -0.05) is 29.5 Å². The molecule has 0 fully saturated rings. The van der Waals surface area contributed by atoms with E-state index >= 15 is 0 Å². The molecule has 124 valence electrons. The second kappa shape index (κ2) is 7.01. The lowest BCUT2D eigenvalue weighted by molar-refractivity contribution is -0.376. The first-order chi connectivity index (χ1) is 9.28. The Hall–Kier alpha value is -0.750. The van der Waals surface area contributed by atoms with Crippen LogP contribution in [0.5, 0.6) is 0 Å². The number of alkyl halides is 7. The van der Waals surface area contributed by atoms with Crippen molar-refractivity contribution in [1.29, 1.82) is 0 Å². The van der Waals surface area contributed by atoms with E-state index < -0.39 is 40.4 Å². The van der Waals surface area contributed by atoms with E-state index in [1.807, 2.05) is 0 Å². The molecule has 11 heteroatoms. The number of hydrogen-bond donors (Lipinski definition) is 0. The monoisotopic (exact) mass is 436 g/mol. The van der Waals surface area contributed by atoms with Crippen LogP contribution < -0.4 is 0 Å². The summed E-state index contributed by atoms with van der Waals surface area (Å²) in [4.78, 5) is 21.9. The summed E-state index contributed by atoms with van der Waals surface area (Å²) < 4.78 is 83.2. The summed E-state index contributed by atoms with van der Waals surface area (Å²) in [5, 5.41) is 0. The minimum atomic E-state index is -6.00. The highest BCUT2D eigenvalue weighted by atomic mass is 127. The van der Waals surface area contributed by atoms with Crippen LogP contribution in [0.3, 0.4) is 0 Å². The first kappa shape index (κ1) is 20.2. The predicted octanol–water partition coefficient (Wildman–Crippen LogP) is 3.17. The highest BCUT2D eigenvalue weighted by Crippen LogP contribution is 2.46. The lowest BCUT2D eigenvalue weighted by Gasteiger charge is -2.35. The summed E-state index contributed by atoms with van der Waals surface area (Å²) in [5.74, 6) is -3.06. The molecule has 0 aromatic heterocycles. The third kappa shape index (κ3) is 4.88. The molecule has 0 heterocycles. The van der Waals surface area contributed by atoms with E-state index in [0.717, 1.165) is 0 Å². The fraction of sp³-hybridized carbons (Fsp3) is 0.800. The van der Waals surface area contributed by atoms with Gasteiger partial charge < -0.3 is 9.47 Å². The van der Waals surface area contributed by atoms with Gasteiger partial charge in [0.2, 0.25) is 0 Å². The van der Waals surface area contributed by atoms with Crippen molar-refractivity contribution in [3.8, 4) is 0 Å². The number of esters is 2. The van der Waals surface area contributed by atoms with E-state index in [1.54, 1.807) is 0 Å². The molecule has 21 heavy (non-hydrogen) atoms. The zero-order valence-electron chi connectivity index (χ0n) is 10.8. The molecule has 4 nitrogen and oxygen atoms in total. The van der Waals surface area contributed by atoms with Gasteiger partial charge in [0.15, 0.2) is 0 Å². The van der Waals surface area contributed by atoms with Crippen LogP contribution in [0, 0.1) is 0 Å². The number of carbonyl (C=O) groups excluding carboxylic acids is 2. The van der Waals surface area contributed by atoms with Crippen molar-refractivity contribution in [2.24, 2.45) is 0 Å². The van der Waals surface area contributed by atoms with Crippen molar-refractivity contribution in [3.63, 3.8) is 0 Å². The van der Waals surface area contributed by atoms with E-state index in [2.05, 4.69) is 9.47 Å². The molecule has 0 saturated carbocycles. The molecular formula is C10H11F6IO4. The number of ether oxygens (including phenoxy) is 2. The molecule has 0 rings (SSSR count). The van der Waals surface area contributed by atoms with Crippen LogP contribution in [0.25, 0.3) is 0 Å². The van der Waals surface area contributed by atoms with E-state index in [1.165, 1.54) is 29.5 Å². The van der Waals surface area contributed by atoms with Crippen LogP contribution in [-0.2, 0) is 19.1 Å². The highest BCUT2D eigenvalue weighted by molar-refractivity contribution is 14.1. The second-order valence-corrected chi connectivity index (χ2v) is 5.40. The van der Waals surface area contributed by atoms with Crippen molar-refractivity contribution in [1.82, 2.24) is 0 Å². The number of halogens is 7. The molecule has 1 atom stereocenters. The third-order valence-corrected chi connectivity index (χ3v) is 3.65. The van der Waals surface area contributed by atoms with Gasteiger partial charge in [-0.2, -0.15) is 26.3 Å². The largest absolute Gasteiger partial charge is 0.460 e. The van der Waals surface area contributed by atoms with Crippen LogP contribution in [0.15, 0.2) is 0 Å². The lowest BCUT2D eigenvalue weighted by atomic mass is 10.0. The van der Waals surface area contributed by atoms with Gasteiger partial charge in [-0.25, -0.2) is 0 Å². The van der Waals surface area contributed by atoms with Gasteiger partial charge in [-0.05, 0) is 6.42 Å². The van der Waals surface area contributed by atoms with Crippen molar-refractivity contribution < 1.29 is 45.4 Å². The average molecular weight is 436 g/mol.